The van der Waals surface area contributed by atoms with Crippen molar-refractivity contribution in [1.29, 1.82) is 0 Å². The highest BCUT2D eigenvalue weighted by atomic mass is 35.5. The number of halogens is 1. The second-order valence-corrected chi connectivity index (χ2v) is 11.2. The van der Waals surface area contributed by atoms with Gasteiger partial charge in [-0.2, -0.15) is 4.31 Å². The molecule has 1 aliphatic carbocycles. The highest BCUT2D eigenvalue weighted by molar-refractivity contribution is 7.89. The van der Waals surface area contributed by atoms with Crippen LogP contribution in [0.3, 0.4) is 0 Å². The first-order valence-electron chi connectivity index (χ1n) is 11.8. The Morgan fingerprint density at radius 2 is 1.59 bits per heavy atom. The lowest BCUT2D eigenvalue weighted by molar-refractivity contribution is -0.132. The van der Waals surface area contributed by atoms with Gasteiger partial charge in [0.25, 0.3) is 0 Å². The Balaban J connectivity index is 1.45. The van der Waals surface area contributed by atoms with Crippen molar-refractivity contribution in [2.45, 2.75) is 43.0 Å². The highest BCUT2D eigenvalue weighted by Crippen LogP contribution is 2.29. The van der Waals surface area contributed by atoms with Crippen molar-refractivity contribution in [2.24, 2.45) is 0 Å². The van der Waals surface area contributed by atoms with Gasteiger partial charge < -0.3 is 14.5 Å². The Morgan fingerprint density at radius 1 is 0.971 bits per heavy atom. The van der Waals surface area contributed by atoms with Gasteiger partial charge in [-0.05, 0) is 61.4 Å². The fourth-order valence-electron chi connectivity index (χ4n) is 4.76. The minimum absolute atomic E-state index is 0.127. The number of nitrogens with zero attached hydrogens (tertiary/aromatic N) is 3. The highest BCUT2D eigenvalue weighted by Gasteiger charge is 2.35. The summed E-state index contributed by atoms with van der Waals surface area (Å²) in [4.78, 5) is 17.5. The molecule has 1 heterocycles. The summed E-state index contributed by atoms with van der Waals surface area (Å²) >= 11 is 5.97. The summed E-state index contributed by atoms with van der Waals surface area (Å²) in [6.45, 7) is 2.39. The van der Waals surface area contributed by atoms with Crippen molar-refractivity contribution >= 4 is 33.2 Å². The number of ether oxygens (including phenoxy) is 1. The predicted molar refractivity (Wildman–Crippen MR) is 134 cm³/mol. The van der Waals surface area contributed by atoms with Gasteiger partial charge in [-0.3, -0.25) is 4.79 Å². The van der Waals surface area contributed by atoms with Crippen LogP contribution in [0.2, 0.25) is 5.02 Å². The van der Waals surface area contributed by atoms with E-state index in [1.54, 1.807) is 24.1 Å². The van der Waals surface area contributed by atoms with Crippen LogP contribution in [-0.2, 0) is 14.8 Å². The molecule has 0 bridgehead atoms. The van der Waals surface area contributed by atoms with Gasteiger partial charge in [-0.25, -0.2) is 8.42 Å². The Morgan fingerprint density at radius 3 is 2.18 bits per heavy atom. The number of carbonyl (C=O) groups excluding carboxylic acids is 1. The molecule has 1 amide bonds. The SMILES string of the molecule is COc1ccc(N2CCN(C(=O)CN(C3CCCCC3)S(=O)(=O)c3ccc(Cl)cc3)CC2)cc1. The number of rotatable bonds is 7. The monoisotopic (exact) mass is 505 g/mol. The lowest BCUT2D eigenvalue weighted by Crippen LogP contribution is -2.53. The Labute approximate surface area is 207 Å². The third-order valence-electron chi connectivity index (χ3n) is 6.76. The standard InChI is InChI=1S/C25H32ClN3O4S/c1-33-23-11-9-21(10-12-23)27-15-17-28(18-16-27)25(30)19-29(22-5-3-2-4-6-22)34(31,32)24-13-7-20(26)8-14-24/h7-14,22H,2-6,15-19H2,1H3. The molecular weight excluding hydrogens is 474 g/mol. The lowest BCUT2D eigenvalue weighted by Gasteiger charge is -2.38. The van der Waals surface area contributed by atoms with E-state index in [1.807, 2.05) is 24.3 Å². The number of amides is 1. The van der Waals surface area contributed by atoms with E-state index in [0.717, 1.165) is 43.5 Å². The van der Waals surface area contributed by atoms with Gasteiger partial charge in [0.05, 0.1) is 18.6 Å². The molecule has 0 spiro atoms. The number of benzene rings is 2. The van der Waals surface area contributed by atoms with E-state index in [4.69, 9.17) is 16.3 Å². The van der Waals surface area contributed by atoms with Crippen molar-refractivity contribution in [1.82, 2.24) is 9.21 Å². The molecule has 0 atom stereocenters. The van der Waals surface area contributed by atoms with Gasteiger partial charge in [0, 0.05) is 42.9 Å². The molecule has 34 heavy (non-hydrogen) atoms. The fourth-order valence-corrected chi connectivity index (χ4v) is 6.52. The van der Waals surface area contributed by atoms with Crippen molar-refractivity contribution in [3.8, 4) is 5.75 Å². The third kappa shape index (κ3) is 5.67. The number of piperazine rings is 1. The van der Waals surface area contributed by atoms with Crippen LogP contribution in [0.4, 0.5) is 5.69 Å². The van der Waals surface area contributed by atoms with E-state index >= 15 is 0 Å². The van der Waals surface area contributed by atoms with Crippen molar-refractivity contribution in [2.75, 3.05) is 44.7 Å². The second kappa shape index (κ2) is 11.0. The van der Waals surface area contributed by atoms with Crippen LogP contribution in [0, 0.1) is 0 Å². The summed E-state index contributed by atoms with van der Waals surface area (Å²) in [5.74, 6) is 0.666. The zero-order chi connectivity index (χ0) is 24.1. The first-order valence-corrected chi connectivity index (χ1v) is 13.6. The molecule has 2 aromatic rings. The molecule has 0 N–H and O–H groups in total. The van der Waals surface area contributed by atoms with Gasteiger partial charge in [-0.1, -0.05) is 30.9 Å². The molecule has 1 aliphatic heterocycles. The summed E-state index contributed by atoms with van der Waals surface area (Å²) in [6.07, 6.45) is 4.63. The van der Waals surface area contributed by atoms with E-state index in [2.05, 4.69) is 4.90 Å². The van der Waals surface area contributed by atoms with Crippen LogP contribution < -0.4 is 9.64 Å². The maximum atomic E-state index is 13.5. The third-order valence-corrected chi connectivity index (χ3v) is 8.93. The van der Waals surface area contributed by atoms with Crippen LogP contribution in [0.5, 0.6) is 5.75 Å². The van der Waals surface area contributed by atoms with Crippen LogP contribution in [0.15, 0.2) is 53.4 Å². The molecule has 7 nitrogen and oxygen atoms in total. The molecule has 2 fully saturated rings. The van der Waals surface area contributed by atoms with Gasteiger partial charge in [0.1, 0.15) is 5.75 Å². The molecule has 4 rings (SSSR count). The van der Waals surface area contributed by atoms with E-state index < -0.39 is 10.0 Å². The summed E-state index contributed by atoms with van der Waals surface area (Å²) in [5, 5.41) is 0.481. The van der Waals surface area contributed by atoms with Crippen LogP contribution in [0.1, 0.15) is 32.1 Å². The first kappa shape index (κ1) is 24.8. The van der Waals surface area contributed by atoms with Crippen molar-refractivity contribution in [3.63, 3.8) is 0 Å². The smallest absolute Gasteiger partial charge is 0.243 e. The van der Waals surface area contributed by atoms with Crippen LogP contribution in [0.25, 0.3) is 0 Å². The second-order valence-electron chi connectivity index (χ2n) is 8.86. The molecule has 9 heteroatoms. The number of hydrogen-bond acceptors (Lipinski definition) is 5. The Bertz CT molecular complexity index is 1060. The molecule has 2 aromatic carbocycles. The summed E-state index contributed by atoms with van der Waals surface area (Å²) in [6, 6.07) is 13.9. The van der Waals surface area contributed by atoms with E-state index in [-0.39, 0.29) is 23.4 Å². The number of anilines is 1. The summed E-state index contributed by atoms with van der Waals surface area (Å²) in [5.41, 5.74) is 1.09. The Hall–Kier alpha value is -2.29. The first-order chi connectivity index (χ1) is 16.4. The normalized spacial score (nSPS) is 17.7. The van der Waals surface area contributed by atoms with E-state index in [1.165, 1.54) is 16.4 Å². The number of carbonyl (C=O) groups is 1. The van der Waals surface area contributed by atoms with E-state index in [9.17, 15) is 13.2 Å². The van der Waals surface area contributed by atoms with Crippen molar-refractivity contribution in [3.05, 3.63) is 53.6 Å². The van der Waals surface area contributed by atoms with Gasteiger partial charge in [-0.15, -0.1) is 0 Å². The topological polar surface area (TPSA) is 70.2 Å². The molecule has 184 valence electrons. The molecule has 2 aliphatic rings. The summed E-state index contributed by atoms with van der Waals surface area (Å²) in [7, 11) is -2.16. The fraction of sp³-hybridized carbons (Fsp3) is 0.480. The molecule has 1 saturated heterocycles. The van der Waals surface area contributed by atoms with E-state index in [0.29, 0.717) is 31.2 Å². The van der Waals surface area contributed by atoms with Gasteiger partial charge in [0.2, 0.25) is 15.9 Å². The number of hydrogen-bond donors (Lipinski definition) is 0. The van der Waals surface area contributed by atoms with Gasteiger partial charge in [0.15, 0.2) is 0 Å². The molecule has 0 aromatic heterocycles. The maximum Gasteiger partial charge on any atom is 0.243 e. The molecule has 1 saturated carbocycles. The number of methoxy groups -OCH3 is 1. The van der Waals surface area contributed by atoms with Crippen LogP contribution >= 0.6 is 11.6 Å². The summed E-state index contributed by atoms with van der Waals surface area (Å²) < 4.78 is 33.8. The zero-order valence-corrected chi connectivity index (χ0v) is 21.1. The molecule has 0 radical (unpaired) electrons. The van der Waals surface area contributed by atoms with Crippen molar-refractivity contribution < 1.29 is 17.9 Å². The molecule has 0 unspecified atom stereocenters. The average molecular weight is 506 g/mol. The molecular formula is C25H32ClN3O4S. The predicted octanol–water partition coefficient (Wildman–Crippen LogP) is 4.02. The van der Waals surface area contributed by atoms with Gasteiger partial charge >= 0.3 is 0 Å². The Kier molecular flexibility index (Phi) is 8.01. The largest absolute Gasteiger partial charge is 0.497 e. The average Bonchev–Trinajstić information content (AvgIpc) is 2.88. The minimum atomic E-state index is -3.81. The quantitative estimate of drug-likeness (QED) is 0.568. The zero-order valence-electron chi connectivity index (χ0n) is 19.5. The number of sulfonamides is 1. The van der Waals surface area contributed by atoms with Crippen LogP contribution in [-0.4, -0.2) is 69.4 Å². The minimum Gasteiger partial charge on any atom is -0.497 e. The maximum absolute atomic E-state index is 13.5. The lowest BCUT2D eigenvalue weighted by atomic mass is 9.95.